The zero-order chi connectivity index (χ0) is 15.1. The summed E-state index contributed by atoms with van der Waals surface area (Å²) in [6, 6.07) is 0.0141. The topological polar surface area (TPSA) is 51.0 Å². The van der Waals surface area contributed by atoms with Crippen molar-refractivity contribution >= 4 is 28.8 Å². The van der Waals surface area contributed by atoms with Crippen molar-refractivity contribution in [3.63, 3.8) is 0 Å². The highest BCUT2D eigenvalue weighted by atomic mass is 35.5. The van der Waals surface area contributed by atoms with Gasteiger partial charge in [0.05, 0.1) is 22.9 Å². The van der Waals surface area contributed by atoms with Crippen LogP contribution in [0.5, 0.6) is 0 Å². The number of aromatic nitrogens is 3. The van der Waals surface area contributed by atoms with Gasteiger partial charge < -0.3 is 4.90 Å². The zero-order valence-corrected chi connectivity index (χ0v) is 13.8. The molecule has 0 unspecified atom stereocenters. The smallest absolute Gasteiger partial charge is 0.266 e. The molecule has 1 amide bonds. The summed E-state index contributed by atoms with van der Waals surface area (Å²) in [5, 5.41) is 4.99. The van der Waals surface area contributed by atoms with Gasteiger partial charge in [-0.2, -0.15) is 5.10 Å². The van der Waals surface area contributed by atoms with Crippen molar-refractivity contribution in [2.75, 3.05) is 6.54 Å². The molecule has 0 bridgehead atoms. The molecule has 0 aliphatic carbocycles. The molecule has 1 aliphatic heterocycles. The Bertz CT molecular complexity index is 693. The molecule has 0 spiro atoms. The Hall–Kier alpha value is -1.40. The van der Waals surface area contributed by atoms with Crippen molar-refractivity contribution in [1.82, 2.24) is 19.7 Å². The predicted molar refractivity (Wildman–Crippen MR) is 82.8 cm³/mol. The molecule has 21 heavy (non-hydrogen) atoms. The van der Waals surface area contributed by atoms with E-state index in [1.54, 1.807) is 10.2 Å². The van der Waals surface area contributed by atoms with Crippen LogP contribution in [-0.4, -0.2) is 32.1 Å². The maximum atomic E-state index is 12.8. The Balaban J connectivity index is 1.96. The first kappa shape index (κ1) is 14.5. The van der Waals surface area contributed by atoms with Crippen LogP contribution in [0, 0.1) is 13.8 Å². The van der Waals surface area contributed by atoms with Crippen molar-refractivity contribution in [3.8, 4) is 0 Å². The molecular formula is C14H17ClN4OS. The molecule has 0 aromatic carbocycles. The van der Waals surface area contributed by atoms with Crippen molar-refractivity contribution in [1.29, 1.82) is 0 Å². The van der Waals surface area contributed by atoms with E-state index in [-0.39, 0.29) is 11.9 Å². The lowest BCUT2D eigenvalue weighted by atomic mass is 10.1. The number of carbonyl (C=O) groups is 1. The summed E-state index contributed by atoms with van der Waals surface area (Å²) in [5.74, 6) is 0.0526. The van der Waals surface area contributed by atoms with Gasteiger partial charge in [0.15, 0.2) is 0 Å². The number of nitrogens with zero attached hydrogens (tertiary/aromatic N) is 4. The third-order valence-electron chi connectivity index (χ3n) is 3.98. The first-order valence-electron chi connectivity index (χ1n) is 6.90. The molecule has 7 heteroatoms. The highest BCUT2D eigenvalue weighted by molar-refractivity contribution is 7.11. The SMILES string of the molecule is Cc1ncsc1C(=O)N1CCC[C@@H]1c1c(C)nn(C)c1Cl. The van der Waals surface area contributed by atoms with E-state index in [9.17, 15) is 4.79 Å². The number of aryl methyl sites for hydroxylation is 3. The predicted octanol–water partition coefficient (Wildman–Crippen LogP) is 3.12. The number of hydrogen-bond acceptors (Lipinski definition) is 4. The molecule has 5 nitrogen and oxygen atoms in total. The summed E-state index contributed by atoms with van der Waals surface area (Å²) in [7, 11) is 1.83. The number of amides is 1. The monoisotopic (exact) mass is 324 g/mol. The van der Waals surface area contributed by atoms with Crippen LogP contribution in [0.4, 0.5) is 0 Å². The molecule has 2 aromatic rings. The van der Waals surface area contributed by atoms with Crippen molar-refractivity contribution in [2.24, 2.45) is 7.05 Å². The van der Waals surface area contributed by atoms with Crippen molar-refractivity contribution in [3.05, 3.63) is 32.5 Å². The Morgan fingerprint density at radius 3 is 2.76 bits per heavy atom. The summed E-state index contributed by atoms with van der Waals surface area (Å²) < 4.78 is 1.67. The zero-order valence-electron chi connectivity index (χ0n) is 12.3. The lowest BCUT2D eigenvalue weighted by Gasteiger charge is -2.24. The molecule has 0 saturated carbocycles. The van der Waals surface area contributed by atoms with Gasteiger partial charge in [-0.25, -0.2) is 4.98 Å². The lowest BCUT2D eigenvalue weighted by Crippen LogP contribution is -2.30. The van der Waals surface area contributed by atoms with Gasteiger partial charge in [0.2, 0.25) is 0 Å². The Morgan fingerprint density at radius 1 is 1.43 bits per heavy atom. The van der Waals surface area contributed by atoms with E-state index in [1.165, 1.54) is 11.3 Å². The minimum atomic E-state index is 0.0141. The second-order valence-electron chi connectivity index (χ2n) is 5.34. The van der Waals surface area contributed by atoms with E-state index in [0.29, 0.717) is 5.15 Å². The summed E-state index contributed by atoms with van der Waals surface area (Å²) in [4.78, 5) is 19.6. The van der Waals surface area contributed by atoms with Crippen LogP contribution in [0.25, 0.3) is 0 Å². The first-order chi connectivity index (χ1) is 10.0. The van der Waals surface area contributed by atoms with Gasteiger partial charge in [0.25, 0.3) is 5.91 Å². The third kappa shape index (κ3) is 2.36. The van der Waals surface area contributed by atoms with E-state index in [2.05, 4.69) is 10.1 Å². The number of rotatable bonds is 2. The standard InChI is InChI=1S/C14H17ClN4OS/c1-8-11(13(15)18(3)17-8)10-5-4-6-19(10)14(20)12-9(2)16-7-21-12/h7,10H,4-6H2,1-3H3/t10-/m1/s1. The maximum Gasteiger partial charge on any atom is 0.266 e. The fourth-order valence-corrected chi connectivity index (χ4v) is 4.03. The molecule has 1 aliphatic rings. The quantitative estimate of drug-likeness (QED) is 0.852. The Labute approximate surface area is 132 Å². The fraction of sp³-hybridized carbons (Fsp3) is 0.500. The van der Waals surface area contributed by atoms with Gasteiger partial charge in [-0.1, -0.05) is 11.6 Å². The highest BCUT2D eigenvalue weighted by Gasteiger charge is 2.35. The second kappa shape index (κ2) is 5.42. The summed E-state index contributed by atoms with van der Waals surface area (Å²) in [6.45, 7) is 4.57. The average Bonchev–Trinajstić information content (AvgIpc) is 3.11. The minimum absolute atomic E-state index is 0.0141. The molecule has 2 aromatic heterocycles. The molecule has 0 radical (unpaired) electrons. The van der Waals surface area contributed by atoms with E-state index in [4.69, 9.17) is 11.6 Å². The molecule has 1 saturated heterocycles. The molecule has 1 atom stereocenters. The van der Waals surface area contributed by atoms with E-state index >= 15 is 0 Å². The Kier molecular flexibility index (Phi) is 3.75. The number of thiazole rings is 1. The van der Waals surface area contributed by atoms with E-state index < -0.39 is 0 Å². The van der Waals surface area contributed by atoms with Gasteiger partial charge in [-0.05, 0) is 26.7 Å². The molecule has 3 heterocycles. The maximum absolute atomic E-state index is 12.8. The van der Waals surface area contributed by atoms with Gasteiger partial charge in [-0.3, -0.25) is 9.48 Å². The second-order valence-corrected chi connectivity index (χ2v) is 6.55. The molecule has 1 fully saturated rings. The number of hydrogen-bond donors (Lipinski definition) is 0. The van der Waals surface area contributed by atoms with Crippen LogP contribution in [-0.2, 0) is 7.05 Å². The summed E-state index contributed by atoms with van der Waals surface area (Å²) in [5.41, 5.74) is 4.39. The van der Waals surface area contributed by atoms with Gasteiger partial charge in [0, 0.05) is 19.2 Å². The van der Waals surface area contributed by atoms with Crippen LogP contribution in [0.2, 0.25) is 5.15 Å². The molecule has 112 valence electrons. The molecule has 0 N–H and O–H groups in total. The van der Waals surface area contributed by atoms with E-state index in [0.717, 1.165) is 41.2 Å². The number of carbonyl (C=O) groups excluding carboxylic acids is 1. The Morgan fingerprint density at radius 2 is 2.19 bits per heavy atom. The fourth-order valence-electron chi connectivity index (χ4n) is 2.97. The molecular weight excluding hydrogens is 308 g/mol. The highest BCUT2D eigenvalue weighted by Crippen LogP contribution is 2.38. The van der Waals surface area contributed by atoms with Crippen LogP contribution in [0.15, 0.2) is 5.51 Å². The van der Waals surface area contributed by atoms with Gasteiger partial charge in [-0.15, -0.1) is 11.3 Å². The van der Waals surface area contributed by atoms with Crippen molar-refractivity contribution in [2.45, 2.75) is 32.7 Å². The normalized spacial score (nSPS) is 18.5. The van der Waals surface area contributed by atoms with Crippen LogP contribution >= 0.6 is 22.9 Å². The minimum Gasteiger partial charge on any atom is -0.331 e. The third-order valence-corrected chi connectivity index (χ3v) is 5.35. The van der Waals surface area contributed by atoms with Gasteiger partial charge >= 0.3 is 0 Å². The average molecular weight is 325 g/mol. The summed E-state index contributed by atoms with van der Waals surface area (Å²) in [6.07, 6.45) is 1.91. The van der Waals surface area contributed by atoms with Gasteiger partial charge in [0.1, 0.15) is 10.0 Å². The lowest BCUT2D eigenvalue weighted by molar-refractivity contribution is 0.0739. The van der Waals surface area contributed by atoms with Crippen LogP contribution in [0.3, 0.4) is 0 Å². The number of likely N-dealkylation sites (tertiary alicyclic amines) is 1. The van der Waals surface area contributed by atoms with Crippen molar-refractivity contribution < 1.29 is 4.79 Å². The molecule has 3 rings (SSSR count). The largest absolute Gasteiger partial charge is 0.331 e. The van der Waals surface area contributed by atoms with Crippen LogP contribution in [0.1, 0.15) is 45.5 Å². The van der Waals surface area contributed by atoms with Crippen LogP contribution < -0.4 is 0 Å². The van der Waals surface area contributed by atoms with E-state index in [1.807, 2.05) is 25.8 Å². The summed E-state index contributed by atoms with van der Waals surface area (Å²) >= 11 is 7.77. The number of halogens is 1. The first-order valence-corrected chi connectivity index (χ1v) is 8.16.